The maximum atomic E-state index is 10.5. The zero-order chi connectivity index (χ0) is 6.85. The van der Waals surface area contributed by atoms with Crippen molar-refractivity contribution in [2.24, 2.45) is 5.73 Å². The van der Waals surface area contributed by atoms with E-state index in [1.54, 1.807) is 0 Å². The Kier molecular flexibility index (Phi) is 1.14. The second-order valence-electron chi connectivity index (χ2n) is 1.55. The molecule has 1 radical (unpaired) electrons. The summed E-state index contributed by atoms with van der Waals surface area (Å²) < 4.78 is 0.833. The van der Waals surface area contributed by atoms with Gasteiger partial charge in [0.1, 0.15) is 0 Å². The summed E-state index contributed by atoms with van der Waals surface area (Å²) >= 11 is 0. The second-order valence-corrected chi connectivity index (χ2v) is 1.55. The Bertz CT molecular complexity index is 229. The van der Waals surface area contributed by atoms with Crippen molar-refractivity contribution >= 4 is 6.03 Å². The Morgan fingerprint density at radius 2 is 2.33 bits per heavy atom. The normalized spacial score (nSPS) is 9.33. The van der Waals surface area contributed by atoms with Crippen LogP contribution in [0.25, 0.3) is 0 Å². The molecule has 0 aliphatic heterocycles. The third-order valence-electron chi connectivity index (χ3n) is 0.949. The van der Waals surface area contributed by atoms with Gasteiger partial charge in [-0.1, -0.05) is 0 Å². The Morgan fingerprint density at radius 1 is 1.67 bits per heavy atom. The Morgan fingerprint density at radius 3 is 2.56 bits per heavy atom. The summed E-state index contributed by atoms with van der Waals surface area (Å²) in [5.74, 6) is -0.387. The van der Waals surface area contributed by atoms with Gasteiger partial charge in [-0.3, -0.25) is 5.11 Å². The highest BCUT2D eigenvalue weighted by Gasteiger charge is 2.02. The minimum atomic E-state index is -0.745. The minimum Gasteiger partial charge on any atom is -0.351 e. The molecule has 0 aromatic carbocycles. The molecule has 47 valence electrons. The molecule has 9 heavy (non-hydrogen) atoms. The Balaban J connectivity index is 3.08. The molecule has 1 aromatic rings. The molecule has 0 saturated carbocycles. The maximum absolute atomic E-state index is 10.5. The van der Waals surface area contributed by atoms with E-state index in [0.29, 0.717) is 0 Å². The average Bonchev–Trinajstić information content (AvgIpc) is 2.13. The second kappa shape index (κ2) is 1.81. The number of nitrogens with zero attached hydrogens (tertiary/aromatic N) is 1. The number of amides is 1. The highest BCUT2D eigenvalue weighted by molar-refractivity contribution is 5.76. The van der Waals surface area contributed by atoms with Gasteiger partial charge in [-0.25, -0.2) is 9.36 Å². The fourth-order valence-corrected chi connectivity index (χ4v) is 0.547. The molecule has 0 fully saturated rings. The molecule has 0 aliphatic carbocycles. The fourth-order valence-electron chi connectivity index (χ4n) is 0.547. The topological polar surface area (TPSA) is 67.9 Å². The number of hydrogen-bond donors (Lipinski definition) is 1. The van der Waals surface area contributed by atoms with Crippen LogP contribution in [0.2, 0.25) is 0 Å². The molecule has 2 N–H and O–H groups in total. The van der Waals surface area contributed by atoms with Crippen LogP contribution in [0.4, 0.5) is 4.79 Å². The molecule has 4 heteroatoms. The predicted molar refractivity (Wildman–Crippen MR) is 29.5 cm³/mol. The summed E-state index contributed by atoms with van der Waals surface area (Å²) in [5.41, 5.74) is 4.78. The SMILES string of the molecule is NC(=O)n1cccc1[O]. The monoisotopic (exact) mass is 125 g/mol. The molecular formula is C5H5N2O2. The lowest BCUT2D eigenvalue weighted by Crippen LogP contribution is -2.17. The number of rotatable bonds is 0. The van der Waals surface area contributed by atoms with E-state index in [1.807, 2.05) is 0 Å². The van der Waals surface area contributed by atoms with Gasteiger partial charge in [0.25, 0.3) is 5.88 Å². The standard InChI is InChI=1S/C5H5N2O2/c6-5(9)7-3-1-2-4(7)8/h1-3H,(H2,6,9). The largest absolute Gasteiger partial charge is 0.351 e. The van der Waals surface area contributed by atoms with Crippen LogP contribution in [-0.2, 0) is 5.11 Å². The molecule has 1 aromatic heterocycles. The molecule has 0 spiro atoms. The lowest BCUT2D eigenvalue weighted by Gasteiger charge is -1.91. The quantitative estimate of drug-likeness (QED) is 0.540. The number of primary amides is 1. The number of carbonyl (C=O) groups excluding carboxylic acids is 1. The highest BCUT2D eigenvalue weighted by Crippen LogP contribution is 2.07. The summed E-state index contributed by atoms with van der Waals surface area (Å²) in [7, 11) is 0. The fraction of sp³-hybridized carbons (Fsp3) is 0. The molecule has 0 atom stereocenters. The van der Waals surface area contributed by atoms with E-state index >= 15 is 0 Å². The van der Waals surface area contributed by atoms with Crippen molar-refractivity contribution in [3.63, 3.8) is 0 Å². The van der Waals surface area contributed by atoms with Crippen LogP contribution in [0, 0.1) is 0 Å². The molecule has 0 saturated heterocycles. The van der Waals surface area contributed by atoms with Crippen molar-refractivity contribution in [2.45, 2.75) is 0 Å². The maximum Gasteiger partial charge on any atom is 0.325 e. The number of hydrogen-bond acceptors (Lipinski definition) is 1. The van der Waals surface area contributed by atoms with Gasteiger partial charge in [0.15, 0.2) is 0 Å². The van der Waals surface area contributed by atoms with E-state index in [-0.39, 0.29) is 5.88 Å². The Labute approximate surface area is 51.5 Å². The van der Waals surface area contributed by atoms with Crippen molar-refractivity contribution in [2.75, 3.05) is 0 Å². The van der Waals surface area contributed by atoms with Crippen LogP contribution in [0.15, 0.2) is 18.3 Å². The first-order chi connectivity index (χ1) is 4.22. The van der Waals surface area contributed by atoms with E-state index in [4.69, 9.17) is 5.73 Å². The average molecular weight is 125 g/mol. The van der Waals surface area contributed by atoms with E-state index in [1.165, 1.54) is 18.3 Å². The van der Waals surface area contributed by atoms with Gasteiger partial charge in [-0.2, -0.15) is 0 Å². The third-order valence-corrected chi connectivity index (χ3v) is 0.949. The molecule has 0 unspecified atom stereocenters. The first-order valence-electron chi connectivity index (χ1n) is 2.36. The summed E-state index contributed by atoms with van der Waals surface area (Å²) in [6.45, 7) is 0. The van der Waals surface area contributed by atoms with Gasteiger partial charge in [-0.05, 0) is 6.07 Å². The molecule has 1 amide bonds. The third kappa shape index (κ3) is 0.861. The minimum absolute atomic E-state index is 0.387. The summed E-state index contributed by atoms with van der Waals surface area (Å²) in [5, 5.41) is 10.5. The lowest BCUT2D eigenvalue weighted by atomic mass is 10.7. The smallest absolute Gasteiger partial charge is 0.325 e. The van der Waals surface area contributed by atoms with Crippen molar-refractivity contribution < 1.29 is 9.90 Å². The van der Waals surface area contributed by atoms with Crippen LogP contribution in [-0.4, -0.2) is 10.6 Å². The van der Waals surface area contributed by atoms with Gasteiger partial charge in [0.05, 0.1) is 0 Å². The van der Waals surface area contributed by atoms with Gasteiger partial charge in [-0.15, -0.1) is 0 Å². The summed E-state index contributed by atoms with van der Waals surface area (Å²) in [6, 6.07) is 1.99. The summed E-state index contributed by atoms with van der Waals surface area (Å²) in [6.07, 6.45) is 1.32. The van der Waals surface area contributed by atoms with Crippen molar-refractivity contribution in [3.8, 4) is 5.88 Å². The van der Waals surface area contributed by atoms with Crippen LogP contribution in [0.3, 0.4) is 0 Å². The number of carbonyl (C=O) groups is 1. The van der Waals surface area contributed by atoms with Crippen LogP contribution < -0.4 is 5.73 Å². The van der Waals surface area contributed by atoms with Crippen LogP contribution >= 0.6 is 0 Å². The molecule has 4 nitrogen and oxygen atoms in total. The number of aromatic nitrogens is 1. The van der Waals surface area contributed by atoms with E-state index in [0.717, 1.165) is 4.57 Å². The summed E-state index contributed by atoms with van der Waals surface area (Å²) in [4.78, 5) is 10.3. The number of nitrogens with two attached hydrogens (primary N) is 1. The zero-order valence-electron chi connectivity index (χ0n) is 4.57. The highest BCUT2D eigenvalue weighted by atomic mass is 16.3. The lowest BCUT2D eigenvalue weighted by molar-refractivity contribution is 0.243. The Hall–Kier alpha value is -1.45. The van der Waals surface area contributed by atoms with E-state index in [2.05, 4.69) is 0 Å². The van der Waals surface area contributed by atoms with Gasteiger partial charge in [0, 0.05) is 12.3 Å². The van der Waals surface area contributed by atoms with Gasteiger partial charge < -0.3 is 5.73 Å². The van der Waals surface area contributed by atoms with Gasteiger partial charge in [0.2, 0.25) is 0 Å². The first-order valence-corrected chi connectivity index (χ1v) is 2.36. The predicted octanol–water partition coefficient (Wildman–Crippen LogP) is 0.559. The van der Waals surface area contributed by atoms with Crippen molar-refractivity contribution in [1.82, 2.24) is 4.57 Å². The van der Waals surface area contributed by atoms with Gasteiger partial charge >= 0.3 is 6.03 Å². The van der Waals surface area contributed by atoms with Crippen molar-refractivity contribution in [3.05, 3.63) is 18.3 Å². The first kappa shape index (κ1) is 5.68. The molecule has 0 bridgehead atoms. The molecule has 0 aliphatic rings. The molecular weight excluding hydrogens is 120 g/mol. The van der Waals surface area contributed by atoms with E-state index in [9.17, 15) is 9.90 Å². The molecule has 1 heterocycles. The van der Waals surface area contributed by atoms with E-state index < -0.39 is 6.03 Å². The van der Waals surface area contributed by atoms with Crippen molar-refractivity contribution in [1.29, 1.82) is 0 Å². The zero-order valence-corrected chi connectivity index (χ0v) is 4.57. The van der Waals surface area contributed by atoms with Crippen LogP contribution in [0.1, 0.15) is 0 Å². The molecule has 1 rings (SSSR count). The van der Waals surface area contributed by atoms with Crippen LogP contribution in [0.5, 0.6) is 5.88 Å².